The van der Waals surface area contributed by atoms with Gasteiger partial charge in [0.15, 0.2) is 0 Å². The van der Waals surface area contributed by atoms with Crippen molar-refractivity contribution in [2.45, 2.75) is 114 Å². The summed E-state index contributed by atoms with van der Waals surface area (Å²) in [6.07, 6.45) is 32.7. The van der Waals surface area contributed by atoms with Crippen molar-refractivity contribution in [1.82, 2.24) is 0 Å². The van der Waals surface area contributed by atoms with Crippen molar-refractivity contribution in [3.05, 3.63) is 106 Å². The van der Waals surface area contributed by atoms with E-state index in [2.05, 4.69) is 148 Å². The number of rotatable bonds is 8. The molecule has 216 valence electrons. The van der Waals surface area contributed by atoms with Crippen molar-refractivity contribution < 1.29 is 0 Å². The molecule has 0 radical (unpaired) electrons. The Labute approximate surface area is 248 Å². The second-order valence-corrected chi connectivity index (χ2v) is 13.5. The van der Waals surface area contributed by atoms with Crippen LogP contribution in [0.1, 0.15) is 114 Å². The standard InChI is InChI=1S/C40H56/c1-31(19-13-21-33(3)25-27-37-35(5)23-15-29-39(37,7)8)17-11-12-18-32(2)20-14-22-34(4)26-28-38-36(6)24-16-30-40(38,9)10/h11-13,17-19,21,25-28,36H,15-16,20,23-24,29-30H2,1-10H3/b12-11+,19-13-,27-25+,31-17+,32-18+,33-21+,34-26+,38-28+. The highest BCUT2D eigenvalue weighted by Gasteiger charge is 2.30. The summed E-state index contributed by atoms with van der Waals surface area (Å²) in [5, 5.41) is 0. The van der Waals surface area contributed by atoms with Crippen LogP contribution in [0.25, 0.3) is 0 Å². The molecule has 2 rings (SSSR count). The molecule has 2 aliphatic carbocycles. The molecule has 0 N–H and O–H groups in total. The molecule has 1 saturated carbocycles. The van der Waals surface area contributed by atoms with E-state index in [1.807, 2.05) is 0 Å². The largest absolute Gasteiger partial charge is 0.0938 e. The Hall–Kier alpha value is -2.78. The van der Waals surface area contributed by atoms with Crippen molar-refractivity contribution in [3.63, 3.8) is 0 Å². The Morgan fingerprint density at radius 1 is 0.825 bits per heavy atom. The van der Waals surface area contributed by atoms with Crippen molar-refractivity contribution in [2.24, 2.45) is 16.7 Å². The first-order valence-corrected chi connectivity index (χ1v) is 15.4. The molecule has 0 bridgehead atoms. The minimum atomic E-state index is 0.290. The molecule has 1 unspecified atom stereocenters. The number of allylic oxidation sites excluding steroid dienone is 18. The van der Waals surface area contributed by atoms with Gasteiger partial charge in [0.25, 0.3) is 0 Å². The lowest BCUT2D eigenvalue weighted by molar-refractivity contribution is 0.290. The molecular weight excluding hydrogens is 480 g/mol. The van der Waals surface area contributed by atoms with E-state index in [-0.39, 0.29) is 0 Å². The molecule has 0 saturated heterocycles. The van der Waals surface area contributed by atoms with Crippen LogP contribution in [-0.4, -0.2) is 0 Å². The summed E-state index contributed by atoms with van der Waals surface area (Å²) in [4.78, 5) is 0. The lowest BCUT2D eigenvalue weighted by Gasteiger charge is -2.37. The van der Waals surface area contributed by atoms with Crippen LogP contribution in [0.3, 0.4) is 0 Å². The molecule has 1 atom stereocenters. The monoisotopic (exact) mass is 536 g/mol. The molecule has 0 aromatic rings. The first kappa shape index (κ1) is 33.4. The Morgan fingerprint density at radius 3 is 2.17 bits per heavy atom. The molecule has 0 heteroatoms. The van der Waals surface area contributed by atoms with Crippen LogP contribution in [0.2, 0.25) is 0 Å². The minimum absolute atomic E-state index is 0.290. The van der Waals surface area contributed by atoms with Gasteiger partial charge in [-0.05, 0) is 94.6 Å². The summed E-state index contributed by atoms with van der Waals surface area (Å²) in [6.45, 7) is 22.7. The van der Waals surface area contributed by atoms with Gasteiger partial charge in [-0.25, -0.2) is 0 Å². The average Bonchev–Trinajstić information content (AvgIpc) is 2.85. The van der Waals surface area contributed by atoms with Gasteiger partial charge in [0.05, 0.1) is 0 Å². The highest BCUT2D eigenvalue weighted by atomic mass is 14.4. The molecule has 40 heavy (non-hydrogen) atoms. The second-order valence-electron chi connectivity index (χ2n) is 13.5. The first-order valence-electron chi connectivity index (χ1n) is 15.4. The van der Waals surface area contributed by atoms with Crippen molar-refractivity contribution in [1.29, 1.82) is 0 Å². The number of hydrogen-bond acceptors (Lipinski definition) is 0. The van der Waals surface area contributed by atoms with E-state index in [1.165, 1.54) is 60.8 Å². The van der Waals surface area contributed by atoms with Gasteiger partial charge in [0.2, 0.25) is 0 Å². The van der Waals surface area contributed by atoms with Crippen LogP contribution in [0.15, 0.2) is 106 Å². The van der Waals surface area contributed by atoms with Crippen LogP contribution in [0, 0.1) is 28.6 Å². The summed E-state index contributed by atoms with van der Waals surface area (Å²) in [5.41, 5.74) is 10.2. The van der Waals surface area contributed by atoms with E-state index in [4.69, 9.17) is 0 Å². The highest BCUT2D eigenvalue weighted by Crippen LogP contribution is 2.43. The van der Waals surface area contributed by atoms with Gasteiger partial charge < -0.3 is 0 Å². The van der Waals surface area contributed by atoms with E-state index in [1.54, 1.807) is 11.1 Å². The van der Waals surface area contributed by atoms with Crippen LogP contribution >= 0.6 is 0 Å². The topological polar surface area (TPSA) is 0 Å². The second kappa shape index (κ2) is 15.9. The molecule has 0 amide bonds. The molecule has 0 aromatic heterocycles. The fourth-order valence-corrected chi connectivity index (χ4v) is 5.96. The van der Waals surface area contributed by atoms with E-state index in [9.17, 15) is 0 Å². The quantitative estimate of drug-likeness (QED) is 0.214. The normalized spacial score (nSPS) is 23.9. The third kappa shape index (κ3) is 11.4. The third-order valence-electron chi connectivity index (χ3n) is 8.54. The lowest BCUT2D eigenvalue weighted by atomic mass is 9.68. The molecule has 2 aliphatic rings. The summed E-state index contributed by atoms with van der Waals surface area (Å²) in [6, 6.07) is 0. The van der Waals surface area contributed by atoms with Gasteiger partial charge in [0, 0.05) is 6.42 Å². The summed E-state index contributed by atoms with van der Waals surface area (Å²) >= 11 is 0. The average molecular weight is 537 g/mol. The predicted octanol–water partition coefficient (Wildman–Crippen LogP) is 12.1. The zero-order chi connectivity index (χ0) is 29.8. The maximum Gasteiger partial charge on any atom is 0.0303 e. The number of hydrogen-bond donors (Lipinski definition) is 0. The maximum absolute atomic E-state index is 3.34. The minimum Gasteiger partial charge on any atom is -0.0938 e. The van der Waals surface area contributed by atoms with Crippen molar-refractivity contribution in [3.8, 4) is 11.8 Å². The zero-order valence-electron chi connectivity index (χ0n) is 27.4. The SMILES string of the molecule is CC1=C(/C=C/C(C)=C/C=C\C(C)=C\C=C\C=C(/C)CC#C/C(C)=C/C=C2\C(C)CCCC2(C)C)C(C)(C)CCC1. The van der Waals surface area contributed by atoms with Gasteiger partial charge in [-0.15, -0.1) is 0 Å². The Morgan fingerprint density at radius 2 is 1.48 bits per heavy atom. The predicted molar refractivity (Wildman–Crippen MR) is 180 cm³/mol. The molecule has 0 aliphatic heterocycles. The summed E-state index contributed by atoms with van der Waals surface area (Å²) in [7, 11) is 0. The van der Waals surface area contributed by atoms with Gasteiger partial charge >= 0.3 is 0 Å². The molecular formula is C40H56. The van der Waals surface area contributed by atoms with Gasteiger partial charge in [-0.2, -0.15) is 0 Å². The molecule has 0 nitrogen and oxygen atoms in total. The molecule has 0 aromatic carbocycles. The van der Waals surface area contributed by atoms with Gasteiger partial charge in [-0.1, -0.05) is 148 Å². The van der Waals surface area contributed by atoms with Gasteiger partial charge in [0.1, 0.15) is 0 Å². The van der Waals surface area contributed by atoms with Crippen LogP contribution in [0.4, 0.5) is 0 Å². The fourth-order valence-electron chi connectivity index (χ4n) is 5.96. The Balaban J connectivity index is 1.87. The van der Waals surface area contributed by atoms with E-state index in [0.29, 0.717) is 16.7 Å². The van der Waals surface area contributed by atoms with Gasteiger partial charge in [-0.3, -0.25) is 0 Å². The van der Waals surface area contributed by atoms with E-state index < -0.39 is 0 Å². The van der Waals surface area contributed by atoms with Crippen LogP contribution in [0.5, 0.6) is 0 Å². The first-order chi connectivity index (χ1) is 18.8. The van der Waals surface area contributed by atoms with Crippen LogP contribution < -0.4 is 0 Å². The smallest absolute Gasteiger partial charge is 0.0303 e. The molecule has 0 spiro atoms. The van der Waals surface area contributed by atoms with Crippen LogP contribution in [-0.2, 0) is 0 Å². The van der Waals surface area contributed by atoms with E-state index >= 15 is 0 Å². The van der Waals surface area contributed by atoms with Crippen molar-refractivity contribution >= 4 is 0 Å². The zero-order valence-corrected chi connectivity index (χ0v) is 27.4. The van der Waals surface area contributed by atoms with Crippen molar-refractivity contribution in [2.75, 3.05) is 0 Å². The lowest BCUT2D eigenvalue weighted by Crippen LogP contribution is -2.24. The summed E-state index contributed by atoms with van der Waals surface area (Å²) < 4.78 is 0. The molecule has 1 fully saturated rings. The fraction of sp³-hybridized carbons (Fsp3) is 0.500. The van der Waals surface area contributed by atoms with E-state index in [0.717, 1.165) is 12.0 Å². The molecule has 0 heterocycles. The Kier molecular flexibility index (Phi) is 13.3. The highest BCUT2D eigenvalue weighted by molar-refractivity contribution is 5.38. The third-order valence-corrected chi connectivity index (χ3v) is 8.54. The maximum atomic E-state index is 3.34. The Bertz CT molecular complexity index is 1210. The summed E-state index contributed by atoms with van der Waals surface area (Å²) in [5.74, 6) is 7.35.